The molecule has 0 spiro atoms. The number of carbonyl (C=O) groups is 1. The van der Waals surface area contributed by atoms with Crippen LogP contribution in [-0.4, -0.2) is 38.0 Å². The second kappa shape index (κ2) is 7.43. The smallest absolute Gasteiger partial charge is 0.410 e. The van der Waals surface area contributed by atoms with Gasteiger partial charge in [0, 0.05) is 37.4 Å². The summed E-state index contributed by atoms with van der Waals surface area (Å²) in [5.74, 6) is 0. The van der Waals surface area contributed by atoms with Crippen LogP contribution in [0.5, 0.6) is 0 Å². The largest absolute Gasteiger partial charge is 0.445 e. The number of ether oxygens (including phenoxy) is 1. The number of rotatable bonds is 3. The zero-order valence-corrected chi connectivity index (χ0v) is 17.2. The Labute approximate surface area is 176 Å². The van der Waals surface area contributed by atoms with Crippen LogP contribution in [0.25, 0.3) is 10.9 Å². The van der Waals surface area contributed by atoms with Gasteiger partial charge < -0.3 is 14.7 Å². The monoisotopic (exact) mass is 405 g/mol. The van der Waals surface area contributed by atoms with Crippen molar-refractivity contribution in [3.05, 3.63) is 65.9 Å². The summed E-state index contributed by atoms with van der Waals surface area (Å²) in [6, 6.07) is 15.8. The molecule has 6 heteroatoms. The van der Waals surface area contributed by atoms with Gasteiger partial charge in [-0.1, -0.05) is 42.5 Å². The van der Waals surface area contributed by atoms with Crippen LogP contribution in [0.2, 0.25) is 0 Å². The summed E-state index contributed by atoms with van der Waals surface area (Å²) in [7, 11) is 1.91. The highest BCUT2D eigenvalue weighted by atomic mass is 16.6. The Morgan fingerprint density at radius 1 is 1.17 bits per heavy atom. The predicted molar refractivity (Wildman–Crippen MR) is 114 cm³/mol. The Hall–Kier alpha value is -2.86. The zero-order chi connectivity index (χ0) is 20.7. The highest BCUT2D eigenvalue weighted by molar-refractivity contribution is 5.79. The second-order valence-corrected chi connectivity index (χ2v) is 8.67. The zero-order valence-electron chi connectivity index (χ0n) is 17.2. The van der Waals surface area contributed by atoms with E-state index in [-0.39, 0.29) is 24.8 Å². The van der Waals surface area contributed by atoms with E-state index >= 15 is 0 Å². The lowest BCUT2D eigenvalue weighted by Gasteiger charge is -2.51. The molecule has 2 fully saturated rings. The van der Waals surface area contributed by atoms with Crippen LogP contribution >= 0.6 is 0 Å². The van der Waals surface area contributed by atoms with E-state index in [2.05, 4.69) is 5.10 Å². The number of hydrogen-bond acceptors (Lipinski definition) is 4. The van der Waals surface area contributed by atoms with E-state index in [1.54, 1.807) is 0 Å². The quantitative estimate of drug-likeness (QED) is 0.712. The van der Waals surface area contributed by atoms with E-state index in [0.29, 0.717) is 12.8 Å². The normalized spacial score (nSPS) is 26.0. The number of piperidine rings is 2. The highest BCUT2D eigenvalue weighted by Crippen LogP contribution is 2.45. The van der Waals surface area contributed by atoms with Gasteiger partial charge in [-0.05, 0) is 36.5 Å². The molecule has 2 saturated heterocycles. The van der Waals surface area contributed by atoms with Gasteiger partial charge in [-0.15, -0.1) is 0 Å². The third-order valence-corrected chi connectivity index (χ3v) is 6.71. The molecular weight excluding hydrogens is 378 g/mol. The maximum Gasteiger partial charge on any atom is 0.410 e. The van der Waals surface area contributed by atoms with E-state index in [1.165, 1.54) is 0 Å². The summed E-state index contributed by atoms with van der Waals surface area (Å²) in [6.45, 7) is 0.275. The Bertz CT molecular complexity index is 1050. The maximum absolute atomic E-state index is 12.9. The van der Waals surface area contributed by atoms with E-state index in [1.807, 2.05) is 71.4 Å². The van der Waals surface area contributed by atoms with Gasteiger partial charge in [-0.2, -0.15) is 5.10 Å². The molecular formula is C24H27N3O3. The number of aromatic nitrogens is 2. The van der Waals surface area contributed by atoms with Gasteiger partial charge in [0.2, 0.25) is 0 Å². The first-order chi connectivity index (χ1) is 14.5. The average Bonchev–Trinajstić information content (AvgIpc) is 3.12. The van der Waals surface area contributed by atoms with Gasteiger partial charge in [0.05, 0.1) is 17.3 Å². The van der Waals surface area contributed by atoms with Crippen molar-refractivity contribution in [1.29, 1.82) is 0 Å². The number of nitrogens with zero attached hydrogens (tertiary/aromatic N) is 3. The maximum atomic E-state index is 12.9. The second-order valence-electron chi connectivity index (χ2n) is 8.67. The van der Waals surface area contributed by atoms with Crippen molar-refractivity contribution >= 4 is 17.0 Å². The van der Waals surface area contributed by atoms with Crippen LogP contribution in [0.4, 0.5) is 4.79 Å². The minimum absolute atomic E-state index is 0.00647. The Morgan fingerprint density at radius 2 is 1.90 bits per heavy atom. The third kappa shape index (κ3) is 3.35. The SMILES string of the molecule is Cn1ncc2ccc(C3(O)CC4CCCC(C3)N4C(=O)OCc3ccccc3)cc21. The Kier molecular flexibility index (Phi) is 4.74. The molecule has 5 rings (SSSR count). The van der Waals surface area contributed by atoms with Crippen molar-refractivity contribution in [3.8, 4) is 0 Å². The molecule has 3 aromatic rings. The lowest BCUT2D eigenvalue weighted by Crippen LogP contribution is -2.58. The van der Waals surface area contributed by atoms with Crippen molar-refractivity contribution in [2.75, 3.05) is 0 Å². The van der Waals surface area contributed by atoms with E-state index in [9.17, 15) is 9.90 Å². The van der Waals surface area contributed by atoms with E-state index in [4.69, 9.17) is 4.74 Å². The lowest BCUT2D eigenvalue weighted by atomic mass is 9.72. The molecule has 30 heavy (non-hydrogen) atoms. The minimum Gasteiger partial charge on any atom is -0.445 e. The number of carbonyl (C=O) groups excluding carboxylic acids is 1. The molecule has 2 unspecified atom stereocenters. The number of amides is 1. The molecule has 2 aliphatic rings. The van der Waals surface area contributed by atoms with Gasteiger partial charge in [0.25, 0.3) is 0 Å². The van der Waals surface area contributed by atoms with Crippen molar-refractivity contribution in [3.63, 3.8) is 0 Å². The summed E-state index contributed by atoms with van der Waals surface area (Å²) < 4.78 is 7.47. The first-order valence-corrected chi connectivity index (χ1v) is 10.7. The fraction of sp³-hybridized carbons (Fsp3) is 0.417. The first kappa shape index (κ1) is 19.1. The number of benzene rings is 2. The van der Waals surface area contributed by atoms with Gasteiger partial charge in [-0.25, -0.2) is 4.79 Å². The van der Waals surface area contributed by atoms with Crippen LogP contribution in [0.15, 0.2) is 54.7 Å². The molecule has 0 saturated carbocycles. The van der Waals surface area contributed by atoms with Gasteiger partial charge in [0.1, 0.15) is 6.61 Å². The first-order valence-electron chi connectivity index (χ1n) is 10.7. The average molecular weight is 405 g/mol. The fourth-order valence-electron chi connectivity index (χ4n) is 5.19. The summed E-state index contributed by atoms with van der Waals surface area (Å²) in [5.41, 5.74) is 1.96. The number of aliphatic hydroxyl groups is 1. The molecule has 1 aromatic heterocycles. The van der Waals surface area contributed by atoms with Gasteiger partial charge in [-0.3, -0.25) is 4.68 Å². The summed E-state index contributed by atoms with van der Waals surface area (Å²) in [4.78, 5) is 14.8. The Balaban J connectivity index is 1.36. The van der Waals surface area contributed by atoms with Crippen LogP contribution in [0.3, 0.4) is 0 Å². The van der Waals surface area contributed by atoms with Crippen molar-refractivity contribution in [2.45, 2.75) is 56.4 Å². The van der Waals surface area contributed by atoms with Crippen LogP contribution < -0.4 is 0 Å². The molecule has 156 valence electrons. The summed E-state index contributed by atoms with van der Waals surface area (Å²) >= 11 is 0. The molecule has 0 radical (unpaired) electrons. The standard InChI is InChI=1S/C24H27N3O3/c1-26-22-12-19(11-10-18(22)15-25-26)24(29)13-20-8-5-9-21(14-24)27(20)23(28)30-16-17-6-3-2-4-7-17/h2-4,6-7,10-12,15,20-21,29H,5,8-9,13-14,16H2,1H3. The highest BCUT2D eigenvalue weighted by Gasteiger charge is 2.48. The lowest BCUT2D eigenvalue weighted by molar-refractivity contribution is -0.0895. The third-order valence-electron chi connectivity index (χ3n) is 6.71. The fourth-order valence-corrected chi connectivity index (χ4v) is 5.19. The van der Waals surface area contributed by atoms with Gasteiger partial charge >= 0.3 is 6.09 Å². The number of fused-ring (bicyclic) bond motifs is 3. The molecule has 2 aromatic carbocycles. The summed E-state index contributed by atoms with van der Waals surface area (Å²) in [6.07, 6.45) is 5.51. The molecule has 1 N–H and O–H groups in total. The summed E-state index contributed by atoms with van der Waals surface area (Å²) in [5, 5.41) is 17.0. The molecule has 1 amide bonds. The molecule has 2 atom stereocenters. The number of aryl methyl sites for hydroxylation is 1. The molecule has 2 aliphatic heterocycles. The molecule has 2 bridgehead atoms. The molecule has 6 nitrogen and oxygen atoms in total. The predicted octanol–water partition coefficient (Wildman–Crippen LogP) is 4.11. The van der Waals surface area contributed by atoms with E-state index in [0.717, 1.165) is 41.3 Å². The van der Waals surface area contributed by atoms with Crippen molar-refractivity contribution in [1.82, 2.24) is 14.7 Å². The molecule has 0 aliphatic carbocycles. The van der Waals surface area contributed by atoms with E-state index < -0.39 is 5.60 Å². The van der Waals surface area contributed by atoms with Crippen LogP contribution in [0, 0.1) is 0 Å². The Morgan fingerprint density at radius 3 is 2.63 bits per heavy atom. The van der Waals surface area contributed by atoms with Crippen molar-refractivity contribution < 1.29 is 14.6 Å². The number of hydrogen-bond donors (Lipinski definition) is 1. The topological polar surface area (TPSA) is 67.6 Å². The minimum atomic E-state index is -0.940. The van der Waals surface area contributed by atoms with Gasteiger partial charge in [0.15, 0.2) is 0 Å². The van der Waals surface area contributed by atoms with Crippen LogP contribution in [-0.2, 0) is 24.0 Å². The van der Waals surface area contributed by atoms with Crippen LogP contribution in [0.1, 0.15) is 43.2 Å². The molecule has 3 heterocycles. The van der Waals surface area contributed by atoms with Crippen molar-refractivity contribution in [2.24, 2.45) is 7.05 Å².